The van der Waals surface area contributed by atoms with Crippen LogP contribution in [0.5, 0.6) is 0 Å². The van der Waals surface area contributed by atoms with Crippen molar-refractivity contribution in [3.63, 3.8) is 0 Å². The number of nitrogens with one attached hydrogen (secondary N) is 1. The van der Waals surface area contributed by atoms with E-state index in [1.807, 2.05) is 30.3 Å². The molecule has 5 rings (SSSR count). The number of ether oxygens (including phenoxy) is 1. The van der Waals surface area contributed by atoms with Crippen LogP contribution in [0.2, 0.25) is 0 Å². The van der Waals surface area contributed by atoms with Gasteiger partial charge in [0.1, 0.15) is 6.10 Å². The lowest BCUT2D eigenvalue weighted by atomic mass is 10.0. The molecule has 2 aromatic heterocycles. The first kappa shape index (κ1) is 21.6. The van der Waals surface area contributed by atoms with Crippen molar-refractivity contribution in [2.75, 3.05) is 32.8 Å². The van der Waals surface area contributed by atoms with Gasteiger partial charge in [-0.15, -0.1) is 0 Å². The third-order valence-corrected chi connectivity index (χ3v) is 6.23. The van der Waals surface area contributed by atoms with E-state index in [0.717, 1.165) is 29.7 Å². The summed E-state index contributed by atoms with van der Waals surface area (Å²) >= 11 is 0. The Hall–Kier alpha value is -3.26. The minimum atomic E-state index is -0.220. The summed E-state index contributed by atoms with van der Waals surface area (Å²) in [5, 5.41) is 13.9. The van der Waals surface area contributed by atoms with Crippen LogP contribution in [0.15, 0.2) is 60.8 Å². The molecule has 0 bridgehead atoms. The summed E-state index contributed by atoms with van der Waals surface area (Å²) < 4.78 is 8.28. The summed E-state index contributed by atoms with van der Waals surface area (Å²) in [5.74, 6) is -0.215. The summed E-state index contributed by atoms with van der Waals surface area (Å²) in [4.78, 5) is 20.0. The van der Waals surface area contributed by atoms with Gasteiger partial charge >= 0.3 is 0 Å². The molecule has 1 saturated heterocycles. The first-order valence-corrected chi connectivity index (χ1v) is 11.3. The molecule has 7 nitrogen and oxygen atoms in total. The zero-order valence-corrected chi connectivity index (χ0v) is 18.7. The summed E-state index contributed by atoms with van der Waals surface area (Å²) in [6, 6.07) is 17.9. The third-order valence-electron chi connectivity index (χ3n) is 6.23. The number of aliphatic hydroxyl groups excluding tert-OH is 1. The Balaban J connectivity index is 1.42. The second-order valence-corrected chi connectivity index (χ2v) is 8.47. The van der Waals surface area contributed by atoms with Crippen LogP contribution in [-0.2, 0) is 18.3 Å². The van der Waals surface area contributed by atoms with E-state index in [2.05, 4.69) is 52.3 Å². The van der Waals surface area contributed by atoms with Gasteiger partial charge in [0.2, 0.25) is 0 Å². The van der Waals surface area contributed by atoms with Crippen molar-refractivity contribution in [3.05, 3.63) is 77.6 Å². The molecule has 0 aliphatic carbocycles. The summed E-state index contributed by atoms with van der Waals surface area (Å²) in [7, 11) is 2.08. The minimum absolute atomic E-state index is 0.101. The highest BCUT2D eigenvalue weighted by atomic mass is 16.5. The van der Waals surface area contributed by atoms with E-state index in [1.165, 1.54) is 16.5 Å². The molecule has 4 aromatic rings. The number of benzene rings is 2. The Bertz CT molecular complexity index is 1300. The Morgan fingerprint density at radius 1 is 1.18 bits per heavy atom. The van der Waals surface area contributed by atoms with Gasteiger partial charge in [0.05, 0.1) is 30.0 Å². The number of morpholine rings is 1. The lowest BCUT2D eigenvalue weighted by Gasteiger charge is -2.32. The van der Waals surface area contributed by atoms with Crippen molar-refractivity contribution >= 4 is 27.7 Å². The van der Waals surface area contributed by atoms with Crippen molar-refractivity contribution in [1.29, 1.82) is 0 Å². The maximum Gasteiger partial charge on any atom is 0.252 e. The molecule has 33 heavy (non-hydrogen) atoms. The molecule has 170 valence electrons. The maximum absolute atomic E-state index is 12.8. The number of aliphatic hydroxyl groups is 1. The number of aromatic nitrogens is 2. The van der Waals surface area contributed by atoms with Gasteiger partial charge in [-0.05, 0) is 23.8 Å². The molecule has 2 aromatic carbocycles. The number of para-hydroxylation sites is 2. The fourth-order valence-corrected chi connectivity index (χ4v) is 4.63. The summed E-state index contributed by atoms with van der Waals surface area (Å²) in [5.41, 5.74) is 4.60. The molecule has 1 atom stereocenters. The molecule has 1 amide bonds. The zero-order valence-electron chi connectivity index (χ0n) is 18.7. The number of hydrogen-bond acceptors (Lipinski definition) is 5. The lowest BCUT2D eigenvalue weighted by Crippen LogP contribution is -2.38. The molecular formula is C26H28N4O3. The average Bonchev–Trinajstić information content (AvgIpc) is 3.17. The summed E-state index contributed by atoms with van der Waals surface area (Å²) in [6.07, 6.45) is 1.98. The SMILES string of the molecule is Cn1cc(CN2CCO[C@@H](c3cc(C(=O)NCCO)c4ccccc4n3)C2)c2ccccc21. The van der Waals surface area contributed by atoms with E-state index in [4.69, 9.17) is 14.8 Å². The van der Waals surface area contributed by atoms with Crippen LogP contribution < -0.4 is 5.32 Å². The van der Waals surface area contributed by atoms with Crippen LogP contribution in [0.25, 0.3) is 21.8 Å². The van der Waals surface area contributed by atoms with E-state index in [1.54, 1.807) is 0 Å². The molecule has 7 heteroatoms. The van der Waals surface area contributed by atoms with E-state index in [-0.39, 0.29) is 25.2 Å². The first-order chi connectivity index (χ1) is 16.1. The number of carbonyl (C=O) groups excluding carboxylic acids is 1. The number of hydrogen-bond donors (Lipinski definition) is 2. The van der Waals surface area contributed by atoms with E-state index in [9.17, 15) is 4.79 Å². The Morgan fingerprint density at radius 2 is 1.97 bits per heavy atom. The van der Waals surface area contributed by atoms with E-state index in [0.29, 0.717) is 18.7 Å². The van der Waals surface area contributed by atoms with E-state index >= 15 is 0 Å². The Labute approximate surface area is 192 Å². The number of amides is 1. The van der Waals surface area contributed by atoms with Crippen molar-refractivity contribution in [2.24, 2.45) is 7.05 Å². The van der Waals surface area contributed by atoms with Gasteiger partial charge in [-0.2, -0.15) is 0 Å². The van der Waals surface area contributed by atoms with Crippen LogP contribution in [0.4, 0.5) is 0 Å². The molecule has 1 fully saturated rings. The second-order valence-electron chi connectivity index (χ2n) is 8.47. The number of nitrogens with zero attached hydrogens (tertiary/aromatic N) is 3. The van der Waals surface area contributed by atoms with Crippen molar-refractivity contribution < 1.29 is 14.6 Å². The van der Waals surface area contributed by atoms with Gasteiger partial charge in [0.15, 0.2) is 0 Å². The first-order valence-electron chi connectivity index (χ1n) is 11.3. The van der Waals surface area contributed by atoms with Gasteiger partial charge in [-0.1, -0.05) is 36.4 Å². The highest BCUT2D eigenvalue weighted by Gasteiger charge is 2.26. The average molecular weight is 445 g/mol. The fraction of sp³-hybridized carbons (Fsp3) is 0.308. The molecule has 0 unspecified atom stereocenters. The molecule has 3 heterocycles. The van der Waals surface area contributed by atoms with Gasteiger partial charge in [0, 0.05) is 55.7 Å². The monoisotopic (exact) mass is 444 g/mol. The number of fused-ring (bicyclic) bond motifs is 2. The van der Waals surface area contributed by atoms with Crippen LogP contribution in [0.1, 0.15) is 27.7 Å². The predicted molar refractivity (Wildman–Crippen MR) is 128 cm³/mol. The molecular weight excluding hydrogens is 416 g/mol. The van der Waals surface area contributed by atoms with Gasteiger partial charge in [-0.3, -0.25) is 9.69 Å². The molecule has 2 N–H and O–H groups in total. The number of carbonyl (C=O) groups is 1. The standard InChI is InChI=1S/C26H28N4O3/c1-29-15-18(19-6-3-5-9-24(19)29)16-30-11-13-33-25(17-30)23-14-21(26(32)27-10-12-31)20-7-2-4-8-22(20)28-23/h2-9,14-15,25,31H,10-13,16-17H2,1H3,(H,27,32)/t25-/m1/s1. The van der Waals surface area contributed by atoms with Crippen LogP contribution >= 0.6 is 0 Å². The molecule has 0 saturated carbocycles. The largest absolute Gasteiger partial charge is 0.395 e. The number of pyridine rings is 1. The van der Waals surface area contributed by atoms with Crippen molar-refractivity contribution in [1.82, 2.24) is 19.8 Å². The summed E-state index contributed by atoms with van der Waals surface area (Å²) in [6.45, 7) is 3.10. The van der Waals surface area contributed by atoms with Crippen molar-refractivity contribution in [2.45, 2.75) is 12.6 Å². The molecule has 1 aliphatic heterocycles. The smallest absolute Gasteiger partial charge is 0.252 e. The zero-order chi connectivity index (χ0) is 22.8. The predicted octanol–water partition coefficient (Wildman–Crippen LogP) is 3.02. The maximum atomic E-state index is 12.8. The topological polar surface area (TPSA) is 79.6 Å². The van der Waals surface area contributed by atoms with Crippen molar-refractivity contribution in [3.8, 4) is 0 Å². The van der Waals surface area contributed by atoms with Gasteiger partial charge < -0.3 is 19.7 Å². The Kier molecular flexibility index (Phi) is 6.09. The van der Waals surface area contributed by atoms with Crippen LogP contribution in [0.3, 0.4) is 0 Å². The molecule has 1 aliphatic rings. The fourth-order valence-electron chi connectivity index (χ4n) is 4.63. The highest BCUT2D eigenvalue weighted by molar-refractivity contribution is 6.06. The van der Waals surface area contributed by atoms with Crippen LogP contribution in [0, 0.1) is 0 Å². The van der Waals surface area contributed by atoms with E-state index < -0.39 is 0 Å². The minimum Gasteiger partial charge on any atom is -0.395 e. The highest BCUT2D eigenvalue weighted by Crippen LogP contribution is 2.28. The third kappa shape index (κ3) is 4.35. The second kappa shape index (κ2) is 9.31. The van der Waals surface area contributed by atoms with Crippen LogP contribution in [-0.4, -0.2) is 58.3 Å². The quantitative estimate of drug-likeness (QED) is 0.478. The Morgan fingerprint density at radius 3 is 2.82 bits per heavy atom. The molecule has 0 spiro atoms. The number of aryl methyl sites for hydroxylation is 1. The normalized spacial score (nSPS) is 17.0. The van der Waals surface area contributed by atoms with Gasteiger partial charge in [0.25, 0.3) is 5.91 Å². The lowest BCUT2D eigenvalue weighted by molar-refractivity contribution is -0.0347. The number of rotatable bonds is 6. The van der Waals surface area contributed by atoms with Gasteiger partial charge in [-0.25, -0.2) is 4.98 Å². The molecule has 0 radical (unpaired) electrons.